The van der Waals surface area contributed by atoms with Gasteiger partial charge in [-0.1, -0.05) is 491 Å². The summed E-state index contributed by atoms with van der Waals surface area (Å²) in [6, 6.07) is 18.9. The van der Waals surface area contributed by atoms with Crippen molar-refractivity contribution in [2.75, 3.05) is 64.8 Å². The van der Waals surface area contributed by atoms with Gasteiger partial charge in [0.1, 0.15) is 0 Å². The Morgan fingerprint density at radius 3 is 0.508 bits per heavy atom. The number of unbranched alkanes of at least 4 members (excludes halogenated alkanes) is 63. The molecule has 744 valence electrons. The molecule has 0 unspecified atom stereocenters. The fourth-order valence-corrected chi connectivity index (χ4v) is 17.4. The Kier molecular flexibility index (Phi) is 76.9. The fourth-order valence-electron chi connectivity index (χ4n) is 17.4. The monoisotopic (exact) mass is 1810 g/mol. The van der Waals surface area contributed by atoms with Crippen LogP contribution in [0.15, 0.2) is 54.6 Å². The predicted molar refractivity (Wildman–Crippen MR) is 565 cm³/mol. The highest BCUT2D eigenvalue weighted by Crippen LogP contribution is 2.44. The second-order valence-corrected chi connectivity index (χ2v) is 38.4. The number of anilines is 1. The lowest BCUT2D eigenvalue weighted by Gasteiger charge is -2.19. The molecule has 0 fully saturated rings. The normalized spacial score (nSPS) is 11.6. The summed E-state index contributed by atoms with van der Waals surface area (Å²) in [5.41, 5.74) is 4.85. The maximum Gasteiger partial charge on any atom is 0.255 e. The minimum Gasteiger partial charge on any atom is -0.490 e. The average molecular weight is 1810 g/mol. The number of hydrogen-bond donors (Lipinski definition) is 1. The van der Waals surface area contributed by atoms with Crippen LogP contribution in [0.5, 0.6) is 51.7 Å². The number of carbonyl (C=O) groups is 1. The molecule has 130 heavy (non-hydrogen) atoms. The highest BCUT2D eigenvalue weighted by Gasteiger charge is 2.23. The van der Waals surface area contributed by atoms with Crippen LogP contribution in [0.25, 0.3) is 24.3 Å². The Balaban J connectivity index is 1.99. The van der Waals surface area contributed by atoms with E-state index in [0.29, 0.717) is 88.0 Å². The summed E-state index contributed by atoms with van der Waals surface area (Å²) in [4.78, 5) is 15.7. The average Bonchev–Trinajstić information content (AvgIpc) is 0.817. The molecule has 1 N–H and O–H groups in total. The van der Waals surface area contributed by atoms with E-state index in [-0.39, 0.29) is 5.91 Å². The van der Waals surface area contributed by atoms with Crippen molar-refractivity contribution in [2.45, 2.75) is 525 Å². The van der Waals surface area contributed by atoms with E-state index >= 15 is 4.79 Å². The van der Waals surface area contributed by atoms with Gasteiger partial charge in [0.25, 0.3) is 5.91 Å². The van der Waals surface area contributed by atoms with Crippen LogP contribution < -0.4 is 47.9 Å². The first kappa shape index (κ1) is 116. The molecule has 0 heterocycles. The number of hydrogen-bond acceptors (Lipinski definition) is 10. The number of rotatable bonds is 96. The number of ether oxygens (including phenoxy) is 9. The zero-order valence-electron chi connectivity index (χ0n) is 86.4. The maximum absolute atomic E-state index is 15.7. The van der Waals surface area contributed by atoms with Crippen molar-refractivity contribution in [3.63, 3.8) is 0 Å². The van der Waals surface area contributed by atoms with Crippen molar-refractivity contribution < 1.29 is 47.4 Å². The lowest BCUT2D eigenvalue weighted by molar-refractivity contribution is 0.102. The quantitative estimate of drug-likeness (QED) is 0.0339. The molecule has 0 aromatic heterocycles. The third-order valence-corrected chi connectivity index (χ3v) is 25.8. The minimum absolute atomic E-state index is 0.252. The van der Waals surface area contributed by atoms with E-state index in [1.165, 1.54) is 347 Å². The van der Waals surface area contributed by atoms with E-state index in [0.717, 1.165) is 172 Å². The van der Waals surface area contributed by atoms with Gasteiger partial charge in [-0.3, -0.25) is 4.79 Å². The Hall–Kier alpha value is -5.97. The molecule has 0 bridgehead atoms. The van der Waals surface area contributed by atoms with Crippen molar-refractivity contribution >= 4 is 35.9 Å². The standard InChI is InChI=1S/C119H203NO10/c1-10-19-28-37-46-55-64-73-86-122-110-98-106(99-111(123-87-74-65-56-47-38-29-20-11-2)116(110)128-92-79-70-61-52-43-34-25-16-7)84-82-104-95-105(83-85-107-100-112(124-88-75-66-57-48-39-30-21-12-3)117(129-93-80-71-62-53-44-35-26-17-8)113(101-107)125-89-76-67-58-49-40-31-22-13-4)97-109(96-104)120-119(121)108-102-114(126-90-77-68-59-50-41-32-23-14-5)118(130-94-81-72-63-54-45-36-27-18-9)115(103-108)127-91-78-69-60-51-42-33-24-15-6/h82-85,95-103H,10-81,86-94H2,1-9H3,(H,120,121)/b84-82+,85-83+. The van der Waals surface area contributed by atoms with Gasteiger partial charge >= 0.3 is 0 Å². The molecule has 0 spiro atoms. The predicted octanol–water partition coefficient (Wildman–Crippen LogP) is 39.0. The first-order chi connectivity index (χ1) is 64.2. The van der Waals surface area contributed by atoms with Crippen LogP contribution in [-0.2, 0) is 0 Å². The van der Waals surface area contributed by atoms with E-state index in [1.54, 1.807) is 0 Å². The lowest BCUT2D eigenvalue weighted by atomic mass is 10.0. The first-order valence-electron chi connectivity index (χ1n) is 56.3. The second-order valence-electron chi connectivity index (χ2n) is 38.4. The van der Waals surface area contributed by atoms with Gasteiger partial charge in [0, 0.05) is 11.3 Å². The fraction of sp³-hybridized carbons (Fsp3) is 0.756. The summed E-state index contributed by atoms with van der Waals surface area (Å²) < 4.78 is 62.2. The maximum atomic E-state index is 15.7. The lowest BCUT2D eigenvalue weighted by Crippen LogP contribution is -2.14. The molecular weight excluding hydrogens is 1600 g/mol. The Morgan fingerprint density at radius 1 is 0.185 bits per heavy atom. The zero-order chi connectivity index (χ0) is 92.8. The number of carbonyl (C=O) groups excluding carboxylic acids is 1. The van der Waals surface area contributed by atoms with Crippen LogP contribution in [0.3, 0.4) is 0 Å². The highest BCUT2D eigenvalue weighted by molar-refractivity contribution is 6.05. The van der Waals surface area contributed by atoms with Gasteiger partial charge in [0.2, 0.25) is 17.2 Å². The molecule has 4 aromatic carbocycles. The molecule has 0 aliphatic heterocycles. The van der Waals surface area contributed by atoms with Crippen LogP contribution in [0.2, 0.25) is 0 Å². The van der Waals surface area contributed by atoms with Crippen LogP contribution in [0.1, 0.15) is 557 Å². The molecular formula is C119H203NO10. The molecule has 11 nitrogen and oxygen atoms in total. The van der Waals surface area contributed by atoms with Crippen molar-refractivity contribution in [1.29, 1.82) is 0 Å². The van der Waals surface area contributed by atoms with Crippen LogP contribution in [-0.4, -0.2) is 65.4 Å². The Labute approximate surface area is 802 Å². The zero-order valence-corrected chi connectivity index (χ0v) is 86.4. The molecule has 11 heteroatoms. The van der Waals surface area contributed by atoms with Crippen molar-refractivity contribution in [3.05, 3.63) is 82.4 Å². The summed E-state index contributed by atoms with van der Waals surface area (Å²) >= 11 is 0. The third kappa shape index (κ3) is 61.1. The van der Waals surface area contributed by atoms with Crippen LogP contribution in [0, 0.1) is 0 Å². The van der Waals surface area contributed by atoms with Gasteiger partial charge in [-0.05, 0) is 135 Å². The molecule has 0 saturated carbocycles. The number of nitrogens with one attached hydrogen (secondary N) is 1. The van der Waals surface area contributed by atoms with Gasteiger partial charge in [-0.2, -0.15) is 0 Å². The Morgan fingerprint density at radius 2 is 0.331 bits per heavy atom. The molecule has 0 saturated heterocycles. The number of benzene rings is 4. The molecule has 1 amide bonds. The largest absolute Gasteiger partial charge is 0.490 e. The molecule has 4 rings (SSSR count). The van der Waals surface area contributed by atoms with Gasteiger partial charge in [0.15, 0.2) is 34.5 Å². The molecule has 0 atom stereocenters. The van der Waals surface area contributed by atoms with Gasteiger partial charge in [-0.15, -0.1) is 0 Å². The van der Waals surface area contributed by atoms with Crippen molar-refractivity contribution in [1.82, 2.24) is 0 Å². The summed E-state index contributed by atoms with van der Waals surface area (Å²) in [6.45, 7) is 25.9. The minimum atomic E-state index is -0.252. The van der Waals surface area contributed by atoms with Gasteiger partial charge in [0.05, 0.1) is 59.5 Å². The molecule has 0 radical (unpaired) electrons. The Bertz CT molecular complexity index is 3030. The molecule has 0 aliphatic rings. The first-order valence-corrected chi connectivity index (χ1v) is 56.3. The summed E-state index contributed by atoms with van der Waals surface area (Å²) in [6.07, 6.45) is 96.4. The van der Waals surface area contributed by atoms with E-state index in [2.05, 4.69) is 134 Å². The summed E-state index contributed by atoms with van der Waals surface area (Å²) in [5, 5.41) is 3.47. The van der Waals surface area contributed by atoms with E-state index in [9.17, 15) is 0 Å². The van der Waals surface area contributed by atoms with Crippen molar-refractivity contribution in [2.24, 2.45) is 0 Å². The van der Waals surface area contributed by atoms with Crippen LogP contribution in [0.4, 0.5) is 5.69 Å². The van der Waals surface area contributed by atoms with Crippen molar-refractivity contribution in [3.8, 4) is 51.7 Å². The van der Waals surface area contributed by atoms with E-state index in [4.69, 9.17) is 42.6 Å². The molecule has 0 aliphatic carbocycles. The summed E-state index contributed by atoms with van der Waals surface area (Å²) in [7, 11) is 0. The van der Waals surface area contributed by atoms with Crippen LogP contribution >= 0.6 is 0 Å². The van der Waals surface area contributed by atoms with Gasteiger partial charge in [-0.25, -0.2) is 0 Å². The number of amides is 1. The SMILES string of the molecule is CCCCCCCCCCOc1cc(/C=C/c2cc(/C=C/c3cc(OCCCCCCCCCC)c(OCCCCCCCCCC)c(OCCCCCCCCCC)c3)cc(NC(=O)c3cc(OCCCCCCCCCC)c(OCCCCCCCCCC)c(OCCCCCCCCCC)c3)c2)cc(OCCCCCCCCCC)c1OCCCCCCCCCC. The smallest absolute Gasteiger partial charge is 0.255 e. The van der Waals surface area contributed by atoms with E-state index in [1.807, 2.05) is 12.1 Å². The highest BCUT2D eigenvalue weighted by atomic mass is 16.6. The van der Waals surface area contributed by atoms with E-state index < -0.39 is 0 Å². The molecule has 4 aromatic rings. The topological polar surface area (TPSA) is 112 Å². The second kappa shape index (κ2) is 85.9. The third-order valence-electron chi connectivity index (χ3n) is 25.8. The summed E-state index contributed by atoms with van der Waals surface area (Å²) in [5.74, 6) is 5.87. The van der Waals surface area contributed by atoms with Gasteiger partial charge < -0.3 is 47.9 Å².